The summed E-state index contributed by atoms with van der Waals surface area (Å²) in [7, 11) is 3.45. The molecule has 2 heterocycles. The van der Waals surface area contributed by atoms with Gasteiger partial charge in [-0.3, -0.25) is 0 Å². The minimum absolute atomic E-state index is 0.0149. The number of hydrogen-bond donors (Lipinski definition) is 1. The van der Waals surface area contributed by atoms with E-state index in [1.54, 1.807) is 14.2 Å². The first-order chi connectivity index (χ1) is 12.9. The van der Waals surface area contributed by atoms with Gasteiger partial charge in [0.2, 0.25) is 6.79 Å². The van der Waals surface area contributed by atoms with Gasteiger partial charge in [0.25, 0.3) is 0 Å². The van der Waals surface area contributed by atoms with Crippen LogP contribution in [-0.2, 0) is 11.8 Å². The summed E-state index contributed by atoms with van der Waals surface area (Å²) in [5, 5.41) is 3.64. The van der Waals surface area contributed by atoms with Crippen molar-refractivity contribution in [2.75, 3.05) is 27.6 Å². The maximum absolute atomic E-state index is 5.79. The molecule has 1 atom stereocenters. The van der Waals surface area contributed by atoms with Crippen LogP contribution in [0.3, 0.4) is 0 Å². The summed E-state index contributed by atoms with van der Waals surface area (Å²) in [6.45, 7) is 7.72. The van der Waals surface area contributed by atoms with E-state index < -0.39 is 0 Å². The molecule has 5 nitrogen and oxygen atoms in total. The van der Waals surface area contributed by atoms with Crippen molar-refractivity contribution in [1.82, 2.24) is 5.32 Å². The van der Waals surface area contributed by atoms with Gasteiger partial charge in [-0.25, -0.2) is 0 Å². The van der Waals surface area contributed by atoms with E-state index >= 15 is 0 Å². The van der Waals surface area contributed by atoms with Gasteiger partial charge in [0.15, 0.2) is 11.5 Å². The van der Waals surface area contributed by atoms with Crippen LogP contribution in [0, 0.1) is 0 Å². The van der Waals surface area contributed by atoms with Crippen molar-refractivity contribution in [2.24, 2.45) is 0 Å². The molecule has 4 rings (SSSR count). The van der Waals surface area contributed by atoms with Crippen molar-refractivity contribution >= 4 is 0 Å². The van der Waals surface area contributed by atoms with Crippen LogP contribution in [-0.4, -0.2) is 27.6 Å². The molecule has 0 spiro atoms. The average Bonchev–Trinajstić information content (AvgIpc) is 3.11. The van der Waals surface area contributed by atoms with Gasteiger partial charge in [0.05, 0.1) is 20.3 Å². The average molecular weight is 369 g/mol. The quantitative estimate of drug-likeness (QED) is 0.887. The van der Waals surface area contributed by atoms with E-state index in [4.69, 9.17) is 18.9 Å². The number of ether oxygens (including phenoxy) is 4. The van der Waals surface area contributed by atoms with Crippen LogP contribution >= 0.6 is 0 Å². The third kappa shape index (κ3) is 3.10. The Hall–Kier alpha value is -2.40. The van der Waals surface area contributed by atoms with Crippen molar-refractivity contribution < 1.29 is 18.9 Å². The molecule has 0 bridgehead atoms. The Morgan fingerprint density at radius 2 is 1.63 bits per heavy atom. The van der Waals surface area contributed by atoms with E-state index in [2.05, 4.69) is 50.4 Å². The Labute approximate surface area is 160 Å². The molecule has 0 saturated carbocycles. The first-order valence-corrected chi connectivity index (χ1v) is 9.34. The molecule has 0 saturated heterocycles. The molecule has 5 heteroatoms. The molecule has 0 fully saturated rings. The third-order valence-corrected chi connectivity index (χ3v) is 5.36. The van der Waals surface area contributed by atoms with Crippen LogP contribution in [0.1, 0.15) is 49.1 Å². The van der Waals surface area contributed by atoms with Gasteiger partial charge >= 0.3 is 0 Å². The molecule has 0 radical (unpaired) electrons. The minimum Gasteiger partial charge on any atom is -0.496 e. The predicted octanol–water partition coefficient (Wildman–Crippen LogP) is 3.97. The lowest BCUT2D eigenvalue weighted by atomic mass is 9.83. The lowest BCUT2D eigenvalue weighted by Gasteiger charge is -2.31. The molecular weight excluding hydrogens is 342 g/mol. The van der Waals surface area contributed by atoms with Crippen molar-refractivity contribution in [2.45, 2.75) is 38.6 Å². The molecule has 0 aromatic heterocycles. The van der Waals surface area contributed by atoms with Gasteiger partial charge in [-0.05, 0) is 47.2 Å². The summed E-state index contributed by atoms with van der Waals surface area (Å²) in [6, 6.07) is 8.44. The van der Waals surface area contributed by atoms with E-state index in [9.17, 15) is 0 Å². The number of nitrogens with one attached hydrogen (secondary N) is 1. The Morgan fingerprint density at radius 1 is 0.926 bits per heavy atom. The second kappa shape index (κ2) is 6.64. The molecule has 2 aliphatic heterocycles. The molecule has 2 aromatic rings. The van der Waals surface area contributed by atoms with Crippen LogP contribution < -0.4 is 24.3 Å². The standard InChI is InChI=1S/C22H27NO4/c1-22(2,3)16-11-17(24-4)15(10-18(16)25-5)21-14-9-20-19(26-12-27-20)8-13(14)6-7-23-21/h8-11,21,23H,6-7,12H2,1-5H3. The van der Waals surface area contributed by atoms with Crippen molar-refractivity contribution in [3.8, 4) is 23.0 Å². The molecule has 2 aliphatic rings. The molecule has 1 N–H and O–H groups in total. The van der Waals surface area contributed by atoms with Crippen LogP contribution in [0.2, 0.25) is 0 Å². The summed E-state index contributed by atoms with van der Waals surface area (Å²) < 4.78 is 22.7. The molecular formula is C22H27NO4. The van der Waals surface area contributed by atoms with Gasteiger partial charge in [-0.15, -0.1) is 0 Å². The Kier molecular flexibility index (Phi) is 4.42. The highest BCUT2D eigenvalue weighted by molar-refractivity contribution is 5.57. The maximum Gasteiger partial charge on any atom is 0.231 e. The SMILES string of the molecule is COc1cc(C(C)(C)C)c(OC)cc1C1NCCc2cc3c(cc21)OCO3. The second-order valence-electron chi connectivity index (χ2n) is 8.09. The number of rotatable bonds is 3. The van der Waals surface area contributed by atoms with Gasteiger partial charge in [-0.1, -0.05) is 20.8 Å². The lowest BCUT2D eigenvalue weighted by molar-refractivity contribution is 0.174. The van der Waals surface area contributed by atoms with E-state index in [1.807, 2.05) is 0 Å². The first-order valence-electron chi connectivity index (χ1n) is 9.34. The Morgan fingerprint density at radius 3 is 2.30 bits per heavy atom. The van der Waals surface area contributed by atoms with Gasteiger partial charge in [0.1, 0.15) is 11.5 Å². The van der Waals surface area contributed by atoms with Gasteiger partial charge < -0.3 is 24.3 Å². The molecule has 2 aromatic carbocycles. The number of methoxy groups -OCH3 is 2. The molecule has 27 heavy (non-hydrogen) atoms. The fourth-order valence-electron chi connectivity index (χ4n) is 3.96. The van der Waals surface area contributed by atoms with Gasteiger partial charge in [0, 0.05) is 17.7 Å². The zero-order chi connectivity index (χ0) is 19.2. The summed E-state index contributed by atoms with van der Waals surface area (Å²) in [4.78, 5) is 0. The maximum atomic E-state index is 5.79. The lowest BCUT2D eigenvalue weighted by Crippen LogP contribution is -2.31. The van der Waals surface area contributed by atoms with Crippen molar-refractivity contribution in [1.29, 1.82) is 0 Å². The third-order valence-electron chi connectivity index (χ3n) is 5.36. The Balaban J connectivity index is 1.85. The van der Waals surface area contributed by atoms with Crippen LogP contribution in [0.5, 0.6) is 23.0 Å². The summed E-state index contributed by atoms with van der Waals surface area (Å²) in [6.07, 6.45) is 0.960. The smallest absolute Gasteiger partial charge is 0.231 e. The van der Waals surface area contributed by atoms with Gasteiger partial charge in [-0.2, -0.15) is 0 Å². The van der Waals surface area contributed by atoms with E-state index in [0.717, 1.165) is 47.1 Å². The molecule has 0 aliphatic carbocycles. The highest BCUT2D eigenvalue weighted by Gasteiger charge is 2.30. The van der Waals surface area contributed by atoms with Crippen LogP contribution in [0.15, 0.2) is 24.3 Å². The van der Waals surface area contributed by atoms with E-state index in [-0.39, 0.29) is 18.2 Å². The van der Waals surface area contributed by atoms with E-state index in [0.29, 0.717) is 0 Å². The predicted molar refractivity (Wildman–Crippen MR) is 104 cm³/mol. The van der Waals surface area contributed by atoms with Crippen molar-refractivity contribution in [3.63, 3.8) is 0 Å². The number of fused-ring (bicyclic) bond motifs is 2. The molecule has 1 unspecified atom stereocenters. The number of hydrogen-bond acceptors (Lipinski definition) is 5. The highest BCUT2D eigenvalue weighted by Crippen LogP contribution is 2.44. The zero-order valence-corrected chi connectivity index (χ0v) is 16.6. The highest BCUT2D eigenvalue weighted by atomic mass is 16.7. The molecule has 144 valence electrons. The number of benzene rings is 2. The largest absolute Gasteiger partial charge is 0.496 e. The fraction of sp³-hybridized carbons (Fsp3) is 0.455. The summed E-state index contributed by atoms with van der Waals surface area (Å²) in [5.74, 6) is 3.39. The first kappa shape index (κ1) is 18.0. The van der Waals surface area contributed by atoms with Crippen LogP contribution in [0.4, 0.5) is 0 Å². The zero-order valence-electron chi connectivity index (χ0n) is 16.6. The normalized spacial score (nSPS) is 18.2. The topological polar surface area (TPSA) is 49.0 Å². The summed E-state index contributed by atoms with van der Waals surface area (Å²) >= 11 is 0. The van der Waals surface area contributed by atoms with Crippen LogP contribution in [0.25, 0.3) is 0 Å². The van der Waals surface area contributed by atoms with E-state index in [1.165, 1.54) is 11.1 Å². The van der Waals surface area contributed by atoms with Crippen molar-refractivity contribution in [3.05, 3.63) is 46.5 Å². The second-order valence-corrected chi connectivity index (χ2v) is 8.09. The minimum atomic E-state index is -0.0406. The summed E-state index contributed by atoms with van der Waals surface area (Å²) in [5.41, 5.74) is 4.65. The monoisotopic (exact) mass is 369 g/mol. The fourth-order valence-corrected chi connectivity index (χ4v) is 3.96. The Bertz CT molecular complexity index is 870. The molecule has 0 amide bonds.